The topological polar surface area (TPSA) is 49.3 Å². The Balaban J connectivity index is 1.58. The fourth-order valence-corrected chi connectivity index (χ4v) is 5.39. The monoisotopic (exact) mass is 303 g/mol. The predicted molar refractivity (Wildman–Crippen MR) is 84.5 cm³/mol. The SMILES string of the molecule is O=C(NC1CC2CCCc3cccc1c32)C1(O)CCSC1. The first-order chi connectivity index (χ1) is 10.2. The Morgan fingerprint density at radius 3 is 3.14 bits per heavy atom. The average molecular weight is 303 g/mol. The number of amides is 1. The van der Waals surface area contributed by atoms with Gasteiger partial charge in [0.15, 0.2) is 5.60 Å². The summed E-state index contributed by atoms with van der Waals surface area (Å²) in [6, 6.07) is 6.59. The van der Waals surface area contributed by atoms with Crippen LogP contribution in [0.25, 0.3) is 0 Å². The number of benzene rings is 1. The van der Waals surface area contributed by atoms with E-state index in [9.17, 15) is 9.90 Å². The molecular weight excluding hydrogens is 282 g/mol. The van der Waals surface area contributed by atoms with Gasteiger partial charge in [-0.1, -0.05) is 18.2 Å². The zero-order chi connectivity index (χ0) is 14.4. The van der Waals surface area contributed by atoms with Crippen LogP contribution in [0.15, 0.2) is 18.2 Å². The molecule has 1 amide bonds. The van der Waals surface area contributed by atoms with Crippen LogP contribution in [-0.2, 0) is 11.2 Å². The van der Waals surface area contributed by atoms with Gasteiger partial charge < -0.3 is 10.4 Å². The molecule has 1 saturated heterocycles. The van der Waals surface area contributed by atoms with Crippen molar-refractivity contribution in [1.29, 1.82) is 0 Å². The maximum Gasteiger partial charge on any atom is 0.253 e. The lowest BCUT2D eigenvalue weighted by molar-refractivity contribution is -0.138. The van der Waals surface area contributed by atoms with Crippen molar-refractivity contribution in [2.75, 3.05) is 11.5 Å². The number of carbonyl (C=O) groups excluding carboxylic acids is 1. The van der Waals surface area contributed by atoms with E-state index in [4.69, 9.17) is 0 Å². The first-order valence-corrected chi connectivity index (χ1v) is 9.06. The first kappa shape index (κ1) is 13.6. The molecule has 0 radical (unpaired) electrons. The minimum Gasteiger partial charge on any atom is -0.379 e. The third-order valence-corrected chi connectivity index (χ3v) is 6.44. The zero-order valence-corrected chi connectivity index (χ0v) is 12.9. The van der Waals surface area contributed by atoms with E-state index < -0.39 is 5.60 Å². The van der Waals surface area contributed by atoms with E-state index >= 15 is 0 Å². The molecule has 2 aliphatic carbocycles. The van der Waals surface area contributed by atoms with Crippen LogP contribution in [0.3, 0.4) is 0 Å². The maximum absolute atomic E-state index is 12.5. The predicted octanol–water partition coefficient (Wildman–Crippen LogP) is 2.54. The fourth-order valence-electron chi connectivity index (χ4n) is 4.15. The minimum atomic E-state index is -1.15. The minimum absolute atomic E-state index is 0.0881. The first-order valence-electron chi connectivity index (χ1n) is 7.90. The molecule has 3 unspecified atom stereocenters. The van der Waals surface area contributed by atoms with Crippen molar-refractivity contribution >= 4 is 17.7 Å². The van der Waals surface area contributed by atoms with Crippen molar-refractivity contribution < 1.29 is 9.90 Å². The normalized spacial score (nSPS) is 33.8. The molecule has 0 saturated carbocycles. The van der Waals surface area contributed by atoms with Crippen molar-refractivity contribution in [2.45, 2.75) is 49.7 Å². The standard InChI is InChI=1S/C17H21NO2S/c19-16(17(20)7-8-21-10-17)18-14-9-12-5-1-3-11-4-2-6-13(14)15(11)12/h2,4,6,12,14,20H,1,3,5,7-10H2,(H,18,19). The summed E-state index contributed by atoms with van der Waals surface area (Å²) in [5.41, 5.74) is 3.10. The van der Waals surface area contributed by atoms with Crippen molar-refractivity contribution in [1.82, 2.24) is 5.32 Å². The summed E-state index contributed by atoms with van der Waals surface area (Å²) in [6.07, 6.45) is 5.23. The van der Waals surface area contributed by atoms with E-state index in [1.54, 1.807) is 11.8 Å². The third kappa shape index (κ3) is 2.20. The molecular formula is C17H21NO2S. The molecule has 1 fully saturated rings. The van der Waals surface area contributed by atoms with Crippen molar-refractivity contribution in [3.05, 3.63) is 34.9 Å². The van der Waals surface area contributed by atoms with Gasteiger partial charge >= 0.3 is 0 Å². The summed E-state index contributed by atoms with van der Waals surface area (Å²) >= 11 is 1.66. The summed E-state index contributed by atoms with van der Waals surface area (Å²) in [5.74, 6) is 1.83. The Kier molecular flexibility index (Phi) is 3.27. The van der Waals surface area contributed by atoms with Crippen LogP contribution < -0.4 is 5.32 Å². The van der Waals surface area contributed by atoms with E-state index in [0.29, 0.717) is 18.1 Å². The number of hydrogen-bond acceptors (Lipinski definition) is 3. The fraction of sp³-hybridized carbons (Fsp3) is 0.588. The Morgan fingerprint density at radius 2 is 2.33 bits per heavy atom. The molecule has 1 aromatic rings. The highest BCUT2D eigenvalue weighted by molar-refractivity contribution is 7.99. The third-order valence-electron chi connectivity index (χ3n) is 5.26. The molecule has 21 heavy (non-hydrogen) atoms. The van der Waals surface area contributed by atoms with E-state index in [1.165, 1.54) is 36.0 Å². The number of thioether (sulfide) groups is 1. The zero-order valence-electron chi connectivity index (χ0n) is 12.1. The number of carbonyl (C=O) groups is 1. The summed E-state index contributed by atoms with van der Waals surface area (Å²) in [4.78, 5) is 12.5. The quantitative estimate of drug-likeness (QED) is 0.883. The lowest BCUT2D eigenvalue weighted by Crippen LogP contribution is -2.47. The van der Waals surface area contributed by atoms with Crippen molar-refractivity contribution in [2.24, 2.45) is 0 Å². The van der Waals surface area contributed by atoms with Crippen LogP contribution >= 0.6 is 11.8 Å². The Bertz CT molecular complexity index is 580. The van der Waals surface area contributed by atoms with Gasteiger partial charge in [-0.25, -0.2) is 0 Å². The van der Waals surface area contributed by atoms with Crippen LogP contribution in [0.5, 0.6) is 0 Å². The van der Waals surface area contributed by atoms with E-state index in [-0.39, 0.29) is 11.9 Å². The molecule has 3 aliphatic rings. The average Bonchev–Trinajstić information content (AvgIpc) is 3.07. The number of nitrogens with one attached hydrogen (secondary N) is 1. The largest absolute Gasteiger partial charge is 0.379 e. The van der Waals surface area contributed by atoms with E-state index in [2.05, 4.69) is 23.5 Å². The Labute approximate surface area is 129 Å². The van der Waals surface area contributed by atoms with Crippen molar-refractivity contribution in [3.63, 3.8) is 0 Å². The van der Waals surface area contributed by atoms with Gasteiger partial charge in [0.25, 0.3) is 5.91 Å². The van der Waals surface area contributed by atoms with Crippen LogP contribution in [-0.4, -0.2) is 28.1 Å². The molecule has 1 aliphatic heterocycles. The highest BCUT2D eigenvalue weighted by Crippen LogP contribution is 2.47. The second-order valence-corrected chi connectivity index (χ2v) is 7.71. The number of aliphatic hydroxyl groups is 1. The summed E-state index contributed by atoms with van der Waals surface area (Å²) < 4.78 is 0. The van der Waals surface area contributed by atoms with Crippen LogP contribution in [0, 0.1) is 0 Å². The highest BCUT2D eigenvalue weighted by atomic mass is 32.2. The molecule has 4 heteroatoms. The molecule has 3 atom stereocenters. The summed E-state index contributed by atoms with van der Waals surface area (Å²) in [7, 11) is 0. The van der Waals surface area contributed by atoms with Crippen LogP contribution in [0.4, 0.5) is 0 Å². The van der Waals surface area contributed by atoms with Gasteiger partial charge in [0.1, 0.15) is 0 Å². The smallest absolute Gasteiger partial charge is 0.253 e. The Hall–Kier alpha value is -1.00. The number of hydrogen-bond donors (Lipinski definition) is 2. The molecule has 112 valence electrons. The lowest BCUT2D eigenvalue weighted by Gasteiger charge is -2.23. The van der Waals surface area contributed by atoms with Gasteiger partial charge in [-0.3, -0.25) is 4.79 Å². The van der Waals surface area contributed by atoms with Crippen molar-refractivity contribution in [3.8, 4) is 0 Å². The maximum atomic E-state index is 12.5. The van der Waals surface area contributed by atoms with Crippen LogP contribution in [0.2, 0.25) is 0 Å². The van der Waals surface area contributed by atoms with E-state index in [0.717, 1.165) is 12.2 Å². The molecule has 1 aromatic carbocycles. The molecule has 1 heterocycles. The summed E-state index contributed by atoms with van der Waals surface area (Å²) in [6.45, 7) is 0. The number of aryl methyl sites for hydroxylation is 1. The van der Waals surface area contributed by atoms with E-state index in [1.807, 2.05) is 0 Å². The van der Waals surface area contributed by atoms with Gasteiger partial charge in [0.2, 0.25) is 0 Å². The second-order valence-electron chi connectivity index (χ2n) is 6.61. The van der Waals surface area contributed by atoms with Gasteiger partial charge in [-0.05, 0) is 60.5 Å². The van der Waals surface area contributed by atoms with Gasteiger partial charge in [0.05, 0.1) is 6.04 Å². The van der Waals surface area contributed by atoms with Gasteiger partial charge in [-0.15, -0.1) is 0 Å². The second kappa shape index (κ2) is 5.03. The molecule has 0 bridgehead atoms. The Morgan fingerprint density at radius 1 is 1.43 bits per heavy atom. The number of rotatable bonds is 2. The highest BCUT2D eigenvalue weighted by Gasteiger charge is 2.42. The summed E-state index contributed by atoms with van der Waals surface area (Å²) in [5, 5.41) is 13.6. The molecule has 3 nitrogen and oxygen atoms in total. The molecule has 4 rings (SSSR count). The van der Waals surface area contributed by atoms with Crippen LogP contribution in [0.1, 0.15) is 54.3 Å². The van der Waals surface area contributed by atoms with Gasteiger partial charge in [0, 0.05) is 5.75 Å². The molecule has 0 spiro atoms. The molecule has 0 aromatic heterocycles. The lowest BCUT2D eigenvalue weighted by atomic mass is 9.84. The molecule has 2 N–H and O–H groups in total. The van der Waals surface area contributed by atoms with Gasteiger partial charge in [-0.2, -0.15) is 11.8 Å².